The van der Waals surface area contributed by atoms with E-state index in [2.05, 4.69) is 9.97 Å². The summed E-state index contributed by atoms with van der Waals surface area (Å²) >= 11 is 1.56. The first-order chi connectivity index (χ1) is 13.6. The van der Waals surface area contributed by atoms with E-state index in [-0.39, 0.29) is 11.1 Å². The minimum absolute atomic E-state index is 0.225. The Bertz CT molecular complexity index is 1310. The molecule has 4 nitrogen and oxygen atoms in total. The van der Waals surface area contributed by atoms with Crippen LogP contribution >= 0.6 is 11.3 Å². The molecular weight excluding hydrogens is 380 g/mol. The van der Waals surface area contributed by atoms with Gasteiger partial charge in [0.25, 0.3) is 0 Å². The molecule has 0 aliphatic carbocycles. The van der Waals surface area contributed by atoms with Crippen LogP contribution in [0.15, 0.2) is 60.9 Å². The van der Waals surface area contributed by atoms with Gasteiger partial charge in [-0.25, -0.2) is 18.7 Å². The molecule has 1 N–H and O–H groups in total. The first kappa shape index (κ1) is 17.0. The number of hydrogen-bond donors (Lipinski definition) is 1. The Balaban J connectivity index is 1.61. The van der Waals surface area contributed by atoms with Gasteiger partial charge in [0.1, 0.15) is 28.0 Å². The van der Waals surface area contributed by atoms with Gasteiger partial charge in [-0.1, -0.05) is 12.1 Å². The fourth-order valence-electron chi connectivity index (χ4n) is 3.20. The van der Waals surface area contributed by atoms with E-state index in [1.165, 1.54) is 6.07 Å². The number of fused-ring (bicyclic) bond motifs is 2. The number of aliphatic hydroxyl groups is 1. The second-order valence-electron chi connectivity index (χ2n) is 6.34. The van der Waals surface area contributed by atoms with Crippen LogP contribution in [0.1, 0.15) is 5.56 Å². The Morgan fingerprint density at radius 2 is 1.82 bits per heavy atom. The van der Waals surface area contributed by atoms with Gasteiger partial charge in [0.2, 0.25) is 0 Å². The molecule has 5 rings (SSSR count). The van der Waals surface area contributed by atoms with Crippen LogP contribution in [0.4, 0.5) is 8.78 Å². The summed E-state index contributed by atoms with van der Waals surface area (Å²) in [6.45, 7) is -0.694. The molecule has 0 spiro atoms. The van der Waals surface area contributed by atoms with E-state index in [9.17, 15) is 13.9 Å². The Labute approximate surface area is 162 Å². The molecule has 3 heterocycles. The standard InChI is InChI=1S/C21H13F2N3OS/c22-15-7-6-13(20(23)14(15)11-27)12-5-8-19-24-17(10-26(19)9-12)21-25-16-3-1-2-4-18(16)28-21/h1-10,27H,11H2. The van der Waals surface area contributed by atoms with E-state index in [1.54, 1.807) is 34.1 Å². The lowest BCUT2D eigenvalue weighted by molar-refractivity contribution is 0.269. The Morgan fingerprint density at radius 3 is 2.64 bits per heavy atom. The van der Waals surface area contributed by atoms with Crippen molar-refractivity contribution in [1.29, 1.82) is 0 Å². The molecule has 0 unspecified atom stereocenters. The van der Waals surface area contributed by atoms with E-state index in [0.717, 1.165) is 27.0 Å². The zero-order valence-corrected chi connectivity index (χ0v) is 15.3. The Morgan fingerprint density at radius 1 is 0.964 bits per heavy atom. The highest BCUT2D eigenvalue weighted by atomic mass is 32.1. The number of hydrogen-bond acceptors (Lipinski definition) is 4. The largest absolute Gasteiger partial charge is 0.391 e. The molecule has 7 heteroatoms. The summed E-state index contributed by atoms with van der Waals surface area (Å²) in [5, 5.41) is 10.0. The fraction of sp³-hybridized carbons (Fsp3) is 0.0476. The molecule has 138 valence electrons. The van der Waals surface area contributed by atoms with Crippen LogP contribution < -0.4 is 0 Å². The molecule has 0 saturated carbocycles. The Hall–Kier alpha value is -3.16. The first-order valence-corrected chi connectivity index (χ1v) is 9.38. The molecule has 0 aliphatic rings. The van der Waals surface area contributed by atoms with Gasteiger partial charge in [-0.3, -0.25) is 0 Å². The van der Waals surface area contributed by atoms with E-state index in [0.29, 0.717) is 11.2 Å². The predicted molar refractivity (Wildman–Crippen MR) is 105 cm³/mol. The van der Waals surface area contributed by atoms with Crippen molar-refractivity contribution in [3.05, 3.63) is 78.1 Å². The number of aliphatic hydroxyl groups excluding tert-OH is 1. The third-order valence-corrected chi connectivity index (χ3v) is 5.68. The average molecular weight is 393 g/mol. The highest BCUT2D eigenvalue weighted by molar-refractivity contribution is 7.21. The predicted octanol–water partition coefficient (Wildman–Crippen LogP) is 5.05. The minimum Gasteiger partial charge on any atom is -0.391 e. The number of imidazole rings is 1. The molecule has 28 heavy (non-hydrogen) atoms. The summed E-state index contributed by atoms with van der Waals surface area (Å²) in [6, 6.07) is 13.9. The van der Waals surface area contributed by atoms with Crippen molar-refractivity contribution in [2.24, 2.45) is 0 Å². The number of rotatable bonds is 3. The lowest BCUT2D eigenvalue weighted by Gasteiger charge is -2.08. The third-order valence-electron chi connectivity index (χ3n) is 4.62. The van der Waals surface area contributed by atoms with Crippen molar-refractivity contribution < 1.29 is 13.9 Å². The van der Waals surface area contributed by atoms with Gasteiger partial charge in [0, 0.05) is 29.1 Å². The molecule has 0 aliphatic heterocycles. The highest BCUT2D eigenvalue weighted by Crippen LogP contribution is 2.31. The number of pyridine rings is 1. The molecule has 0 fully saturated rings. The second kappa shape index (κ2) is 6.47. The van der Waals surface area contributed by atoms with Crippen LogP contribution in [0.25, 0.3) is 37.7 Å². The maximum Gasteiger partial charge on any atom is 0.144 e. The first-order valence-electron chi connectivity index (χ1n) is 8.57. The van der Waals surface area contributed by atoms with Gasteiger partial charge in [-0.15, -0.1) is 11.3 Å². The SMILES string of the molecule is OCc1c(F)ccc(-c2ccc3nc(-c4nc5ccccc5s4)cn3c2)c1F. The van der Waals surface area contributed by atoms with Crippen LogP contribution in [0.2, 0.25) is 0 Å². The molecule has 0 saturated heterocycles. The normalized spacial score (nSPS) is 11.5. The van der Waals surface area contributed by atoms with Crippen LogP contribution in [0.5, 0.6) is 0 Å². The highest BCUT2D eigenvalue weighted by Gasteiger charge is 2.15. The molecule has 0 amide bonds. The summed E-state index contributed by atoms with van der Waals surface area (Å²) < 4.78 is 31.1. The van der Waals surface area contributed by atoms with Crippen molar-refractivity contribution in [3.8, 4) is 21.8 Å². The Kier molecular flexibility index (Phi) is 3.92. The number of thiazole rings is 1. The lowest BCUT2D eigenvalue weighted by atomic mass is 10.0. The molecule has 3 aromatic heterocycles. The van der Waals surface area contributed by atoms with Crippen molar-refractivity contribution in [2.75, 3.05) is 0 Å². The van der Waals surface area contributed by atoms with Crippen LogP contribution in [-0.4, -0.2) is 19.5 Å². The number of halogens is 2. The van der Waals surface area contributed by atoms with Crippen molar-refractivity contribution >= 4 is 27.2 Å². The topological polar surface area (TPSA) is 50.4 Å². The zero-order chi connectivity index (χ0) is 19.3. The van der Waals surface area contributed by atoms with Crippen LogP contribution in [0, 0.1) is 11.6 Å². The number of benzene rings is 2. The average Bonchev–Trinajstić information content (AvgIpc) is 3.31. The van der Waals surface area contributed by atoms with E-state index in [1.807, 2.05) is 30.5 Å². The quantitative estimate of drug-likeness (QED) is 0.467. The van der Waals surface area contributed by atoms with E-state index >= 15 is 0 Å². The van der Waals surface area contributed by atoms with Crippen LogP contribution in [0.3, 0.4) is 0 Å². The zero-order valence-electron chi connectivity index (χ0n) is 14.4. The summed E-state index contributed by atoms with van der Waals surface area (Å²) in [6.07, 6.45) is 3.57. The lowest BCUT2D eigenvalue weighted by Crippen LogP contribution is -1.98. The molecule has 0 atom stereocenters. The van der Waals surface area contributed by atoms with Gasteiger partial charge in [-0.2, -0.15) is 0 Å². The molecule has 0 bridgehead atoms. The number of para-hydroxylation sites is 1. The molecular formula is C21H13F2N3OS. The molecule has 2 aromatic carbocycles. The van der Waals surface area contributed by atoms with Crippen molar-refractivity contribution in [1.82, 2.24) is 14.4 Å². The number of nitrogens with zero attached hydrogens (tertiary/aromatic N) is 3. The van der Waals surface area contributed by atoms with Gasteiger partial charge in [0.05, 0.1) is 16.8 Å². The van der Waals surface area contributed by atoms with Gasteiger partial charge < -0.3 is 9.51 Å². The molecule has 0 radical (unpaired) electrons. The third kappa shape index (κ3) is 2.67. The summed E-state index contributed by atoms with van der Waals surface area (Å²) in [5.74, 6) is -1.51. The van der Waals surface area contributed by atoms with Crippen LogP contribution in [-0.2, 0) is 6.61 Å². The maximum absolute atomic E-state index is 14.6. The monoisotopic (exact) mass is 393 g/mol. The van der Waals surface area contributed by atoms with Crippen molar-refractivity contribution in [3.63, 3.8) is 0 Å². The smallest absolute Gasteiger partial charge is 0.144 e. The van der Waals surface area contributed by atoms with Crippen molar-refractivity contribution in [2.45, 2.75) is 6.61 Å². The summed E-state index contributed by atoms with van der Waals surface area (Å²) in [7, 11) is 0. The summed E-state index contributed by atoms with van der Waals surface area (Å²) in [4.78, 5) is 9.22. The van der Waals surface area contributed by atoms with Gasteiger partial charge in [-0.05, 0) is 36.4 Å². The van der Waals surface area contributed by atoms with E-state index < -0.39 is 18.2 Å². The summed E-state index contributed by atoms with van der Waals surface area (Å²) in [5.41, 5.74) is 2.80. The van der Waals surface area contributed by atoms with Gasteiger partial charge >= 0.3 is 0 Å². The van der Waals surface area contributed by atoms with Gasteiger partial charge in [0.15, 0.2) is 0 Å². The second-order valence-corrected chi connectivity index (χ2v) is 7.37. The molecule has 5 aromatic rings. The van der Waals surface area contributed by atoms with E-state index in [4.69, 9.17) is 0 Å². The maximum atomic E-state index is 14.6. The fourth-order valence-corrected chi connectivity index (χ4v) is 4.12. The number of aromatic nitrogens is 3. The minimum atomic E-state index is -0.759.